The fourth-order valence-corrected chi connectivity index (χ4v) is 5.65. The second kappa shape index (κ2) is 11.4. The van der Waals surface area contributed by atoms with Crippen LogP contribution in [0.4, 0.5) is 5.95 Å². The smallest absolute Gasteiger partial charge is 0.326 e. The minimum Gasteiger partial charge on any atom is -0.404 e. The number of nitrogens with zero attached hydrogens (tertiary/aromatic N) is 4. The summed E-state index contributed by atoms with van der Waals surface area (Å²) in [6.07, 6.45) is 2.90. The van der Waals surface area contributed by atoms with Gasteiger partial charge in [-0.2, -0.15) is 0 Å². The Hall–Kier alpha value is -3.78. The number of aromatic nitrogens is 4. The number of H-pyrrole nitrogens is 1. The number of anilines is 1. The number of nitrogens with two attached hydrogens (primary N) is 1. The van der Waals surface area contributed by atoms with Gasteiger partial charge in [0.1, 0.15) is 0 Å². The standard InChI is InChI=1S/C27H34N8O4S/c1-27(2,38)5-6-34-20-14-21-19(31-26(37)35(21)8-7-33-9-11-39-12-10-33)13-18(20)30-25(34)32-24(36)23-4-3-22(40-23)17(15-28)16-29/h3-4,13-16,28,38H,5-12,29H2,1-2H3,(H,31,37)(H,30,32,36)/b17-16+,28-15?. The van der Waals surface area contributed by atoms with Gasteiger partial charge in [-0.3, -0.25) is 19.6 Å². The molecule has 1 amide bonds. The molecule has 5 rings (SSSR count). The molecule has 13 heteroatoms. The molecule has 1 fully saturated rings. The maximum absolute atomic E-state index is 13.2. The van der Waals surface area contributed by atoms with Crippen molar-refractivity contribution in [3.63, 3.8) is 0 Å². The van der Waals surface area contributed by atoms with Crippen molar-refractivity contribution in [2.45, 2.75) is 39.0 Å². The second-order valence-electron chi connectivity index (χ2n) is 10.4. The molecule has 0 atom stereocenters. The average molecular weight is 567 g/mol. The molecule has 0 radical (unpaired) electrons. The maximum atomic E-state index is 13.2. The molecule has 6 N–H and O–H groups in total. The van der Waals surface area contributed by atoms with Crippen LogP contribution in [0.15, 0.2) is 35.3 Å². The Labute approximate surface area is 234 Å². The number of aliphatic hydroxyl groups is 1. The van der Waals surface area contributed by atoms with Gasteiger partial charge in [-0.15, -0.1) is 11.3 Å². The first-order valence-corrected chi connectivity index (χ1v) is 14.0. The Balaban J connectivity index is 1.49. The summed E-state index contributed by atoms with van der Waals surface area (Å²) in [4.78, 5) is 37.1. The molecule has 0 bridgehead atoms. The van der Waals surface area contributed by atoms with E-state index in [1.165, 1.54) is 17.5 Å². The van der Waals surface area contributed by atoms with Crippen molar-refractivity contribution in [1.82, 2.24) is 24.0 Å². The number of hydrogen-bond donors (Lipinski definition) is 5. The minimum absolute atomic E-state index is 0.184. The molecular weight excluding hydrogens is 532 g/mol. The molecule has 12 nitrogen and oxygen atoms in total. The molecule has 0 unspecified atom stereocenters. The zero-order valence-corrected chi connectivity index (χ0v) is 23.4. The first kappa shape index (κ1) is 27.8. The van der Waals surface area contributed by atoms with E-state index in [1.54, 1.807) is 30.5 Å². The minimum atomic E-state index is -0.934. The van der Waals surface area contributed by atoms with E-state index in [2.05, 4.69) is 15.2 Å². The van der Waals surface area contributed by atoms with Crippen LogP contribution in [0.3, 0.4) is 0 Å². The van der Waals surface area contributed by atoms with Crippen LogP contribution in [0.1, 0.15) is 34.8 Å². The average Bonchev–Trinajstić information content (AvgIpc) is 3.61. The molecule has 0 spiro atoms. The number of imidazole rings is 2. The molecule has 0 aliphatic carbocycles. The molecule has 4 aromatic rings. The summed E-state index contributed by atoms with van der Waals surface area (Å²) in [6, 6.07) is 7.17. The molecule has 40 heavy (non-hydrogen) atoms. The number of hydrogen-bond acceptors (Lipinski definition) is 9. The van der Waals surface area contributed by atoms with Crippen LogP contribution in [-0.4, -0.2) is 79.7 Å². The number of morpholine rings is 1. The van der Waals surface area contributed by atoms with Crippen molar-refractivity contribution in [1.29, 1.82) is 5.41 Å². The molecule has 1 aliphatic rings. The van der Waals surface area contributed by atoms with Gasteiger partial charge in [0.05, 0.1) is 45.8 Å². The number of amides is 1. The summed E-state index contributed by atoms with van der Waals surface area (Å²) in [5.41, 5.74) is 7.78. The number of fused-ring (bicyclic) bond motifs is 2. The lowest BCUT2D eigenvalue weighted by molar-refractivity contribution is 0.0364. The van der Waals surface area contributed by atoms with E-state index in [0.717, 1.165) is 36.9 Å². The van der Waals surface area contributed by atoms with Crippen molar-refractivity contribution in [3.05, 3.63) is 50.7 Å². The van der Waals surface area contributed by atoms with Crippen LogP contribution in [-0.2, 0) is 17.8 Å². The number of carbonyl (C=O) groups excluding carboxylic acids is 1. The lowest BCUT2D eigenvalue weighted by Gasteiger charge is -2.26. The van der Waals surface area contributed by atoms with Crippen LogP contribution in [0.5, 0.6) is 0 Å². The molecule has 0 saturated carbocycles. The van der Waals surface area contributed by atoms with E-state index in [0.29, 0.717) is 65.0 Å². The largest absolute Gasteiger partial charge is 0.404 e. The maximum Gasteiger partial charge on any atom is 0.326 e. The number of carbonyl (C=O) groups is 1. The fraction of sp³-hybridized carbons (Fsp3) is 0.407. The quantitative estimate of drug-likeness (QED) is 0.184. The highest BCUT2D eigenvalue weighted by Gasteiger charge is 2.21. The Morgan fingerprint density at radius 2 is 1.95 bits per heavy atom. The summed E-state index contributed by atoms with van der Waals surface area (Å²) in [6.45, 7) is 8.19. The summed E-state index contributed by atoms with van der Waals surface area (Å²) in [5, 5.41) is 20.9. The van der Waals surface area contributed by atoms with E-state index in [-0.39, 0.29) is 11.6 Å². The highest BCUT2D eigenvalue weighted by atomic mass is 32.1. The molecule has 3 aromatic heterocycles. The van der Waals surface area contributed by atoms with E-state index in [9.17, 15) is 14.7 Å². The number of benzene rings is 1. The zero-order valence-electron chi connectivity index (χ0n) is 22.6. The third-order valence-electron chi connectivity index (χ3n) is 7.01. The molecule has 4 heterocycles. The van der Waals surface area contributed by atoms with Crippen molar-refractivity contribution in [2.75, 3.05) is 38.2 Å². The molecule has 1 aliphatic heterocycles. The number of allylic oxidation sites excluding steroid dienone is 1. The summed E-state index contributed by atoms with van der Waals surface area (Å²) >= 11 is 1.23. The van der Waals surface area contributed by atoms with Gasteiger partial charge in [0.15, 0.2) is 0 Å². The predicted molar refractivity (Wildman–Crippen MR) is 157 cm³/mol. The third kappa shape index (κ3) is 5.87. The lowest BCUT2D eigenvalue weighted by atomic mass is 10.1. The predicted octanol–water partition coefficient (Wildman–Crippen LogP) is 2.44. The number of rotatable bonds is 10. The van der Waals surface area contributed by atoms with E-state index in [1.807, 2.05) is 16.7 Å². The Morgan fingerprint density at radius 3 is 2.65 bits per heavy atom. The lowest BCUT2D eigenvalue weighted by Crippen LogP contribution is -2.39. The molecule has 212 valence electrons. The zero-order chi connectivity index (χ0) is 28.4. The van der Waals surface area contributed by atoms with Crippen molar-refractivity contribution in [3.8, 4) is 0 Å². The SMILES string of the molecule is CC(C)(O)CCn1c(NC(=O)c2ccc(/C(C=N)=C/N)s2)nc2cc3[nH]c(=O)n(CCN4CCOCC4)c3cc21. The first-order valence-electron chi connectivity index (χ1n) is 13.2. The summed E-state index contributed by atoms with van der Waals surface area (Å²) in [7, 11) is 0. The number of nitrogens with one attached hydrogen (secondary N) is 3. The van der Waals surface area contributed by atoms with E-state index >= 15 is 0 Å². The van der Waals surface area contributed by atoms with Crippen LogP contribution >= 0.6 is 11.3 Å². The van der Waals surface area contributed by atoms with E-state index < -0.39 is 5.60 Å². The normalized spacial score (nSPS) is 15.2. The van der Waals surface area contributed by atoms with Crippen molar-refractivity contribution in [2.24, 2.45) is 5.73 Å². The second-order valence-corrected chi connectivity index (χ2v) is 11.5. The van der Waals surface area contributed by atoms with Gasteiger partial charge in [0, 0.05) is 55.6 Å². The van der Waals surface area contributed by atoms with Gasteiger partial charge >= 0.3 is 5.69 Å². The topological polar surface area (TPSA) is 167 Å². The van der Waals surface area contributed by atoms with Crippen LogP contribution in [0.2, 0.25) is 0 Å². The van der Waals surface area contributed by atoms with Crippen LogP contribution in [0.25, 0.3) is 27.6 Å². The number of aromatic amines is 1. The first-order chi connectivity index (χ1) is 19.2. The monoisotopic (exact) mass is 566 g/mol. The van der Waals surface area contributed by atoms with Crippen molar-refractivity contribution >= 4 is 57.0 Å². The number of thiophene rings is 1. The van der Waals surface area contributed by atoms with Gasteiger partial charge in [-0.25, -0.2) is 9.78 Å². The van der Waals surface area contributed by atoms with Gasteiger partial charge < -0.3 is 30.5 Å². The van der Waals surface area contributed by atoms with Gasteiger partial charge in [-0.1, -0.05) is 0 Å². The molecule has 1 saturated heterocycles. The summed E-state index contributed by atoms with van der Waals surface area (Å²) < 4.78 is 9.03. The van der Waals surface area contributed by atoms with Gasteiger partial charge in [0.2, 0.25) is 5.95 Å². The highest BCUT2D eigenvalue weighted by Crippen LogP contribution is 2.28. The number of aryl methyl sites for hydroxylation is 1. The fourth-order valence-electron chi connectivity index (χ4n) is 4.75. The van der Waals surface area contributed by atoms with E-state index in [4.69, 9.17) is 20.9 Å². The Morgan fingerprint density at radius 1 is 1.20 bits per heavy atom. The van der Waals surface area contributed by atoms with Crippen LogP contribution < -0.4 is 16.7 Å². The van der Waals surface area contributed by atoms with Crippen LogP contribution in [0, 0.1) is 5.41 Å². The third-order valence-corrected chi connectivity index (χ3v) is 8.14. The molecule has 1 aromatic carbocycles. The Kier molecular flexibility index (Phi) is 7.90. The molecular formula is C27H34N8O4S. The Bertz CT molecular complexity index is 1630. The van der Waals surface area contributed by atoms with Crippen molar-refractivity contribution < 1.29 is 14.6 Å². The summed E-state index contributed by atoms with van der Waals surface area (Å²) in [5.74, 6) is 0.00103. The van der Waals surface area contributed by atoms with Gasteiger partial charge in [0.25, 0.3) is 5.91 Å². The van der Waals surface area contributed by atoms with Gasteiger partial charge in [-0.05, 0) is 44.5 Å². The highest BCUT2D eigenvalue weighted by molar-refractivity contribution is 7.15. The number of ether oxygens (including phenoxy) is 1.